The zero-order chi connectivity index (χ0) is 16.3. The van der Waals surface area contributed by atoms with Gasteiger partial charge >= 0.3 is 0 Å². The summed E-state index contributed by atoms with van der Waals surface area (Å²) in [6.07, 6.45) is 15.3. The maximum Gasteiger partial charge on any atom is 0.0233 e. The van der Waals surface area contributed by atoms with Gasteiger partial charge in [-0.15, -0.1) is 5.92 Å². The van der Waals surface area contributed by atoms with Crippen LogP contribution in [0.5, 0.6) is 0 Å². The first-order valence-corrected chi connectivity index (χ1v) is 11.2. The second-order valence-corrected chi connectivity index (χ2v) is 10.1. The third-order valence-electron chi connectivity index (χ3n) is 9.56. The summed E-state index contributed by atoms with van der Waals surface area (Å²) in [4.78, 5) is 0. The van der Waals surface area contributed by atoms with E-state index in [1.165, 1.54) is 32.1 Å². The van der Waals surface area contributed by atoms with Gasteiger partial charge in [0, 0.05) is 5.92 Å². The Morgan fingerprint density at radius 3 is 1.83 bits per heavy atom. The fourth-order valence-electron chi connectivity index (χ4n) is 8.99. The second-order valence-electron chi connectivity index (χ2n) is 10.1. The smallest absolute Gasteiger partial charge is 0.0233 e. The average Bonchev–Trinajstić information content (AvgIpc) is 2.62. The summed E-state index contributed by atoms with van der Waals surface area (Å²) in [6.45, 7) is 4.66. The highest BCUT2D eigenvalue weighted by atomic mass is 14.6. The van der Waals surface area contributed by atoms with E-state index in [0.29, 0.717) is 0 Å². The van der Waals surface area contributed by atoms with E-state index in [4.69, 9.17) is 0 Å². The SMILES string of the molecule is CC#CC1CCC2C3CCCC4C(C)CCC(C5CCCC1C52)C43. The van der Waals surface area contributed by atoms with Crippen LogP contribution in [0.2, 0.25) is 0 Å². The van der Waals surface area contributed by atoms with Crippen LogP contribution in [0.4, 0.5) is 0 Å². The molecule has 0 bridgehead atoms. The van der Waals surface area contributed by atoms with Gasteiger partial charge in [0.15, 0.2) is 0 Å². The van der Waals surface area contributed by atoms with Crippen LogP contribution < -0.4 is 0 Å². The van der Waals surface area contributed by atoms with Gasteiger partial charge in [-0.25, -0.2) is 0 Å². The van der Waals surface area contributed by atoms with Crippen molar-refractivity contribution in [3.8, 4) is 11.8 Å². The van der Waals surface area contributed by atoms with Crippen LogP contribution >= 0.6 is 0 Å². The number of hydrogen-bond donors (Lipinski definition) is 0. The first kappa shape index (κ1) is 15.8. The summed E-state index contributed by atoms with van der Waals surface area (Å²) in [6, 6.07) is 0. The van der Waals surface area contributed by atoms with Crippen LogP contribution in [0.25, 0.3) is 0 Å². The molecule has 5 saturated carbocycles. The van der Waals surface area contributed by atoms with Gasteiger partial charge in [0.05, 0.1) is 0 Å². The van der Waals surface area contributed by atoms with Gasteiger partial charge in [-0.3, -0.25) is 0 Å². The molecule has 0 aromatic carbocycles. The van der Waals surface area contributed by atoms with Gasteiger partial charge < -0.3 is 0 Å². The van der Waals surface area contributed by atoms with E-state index >= 15 is 0 Å². The molecule has 10 unspecified atom stereocenters. The largest absolute Gasteiger partial charge is 0.106 e. The Labute approximate surface area is 149 Å². The summed E-state index contributed by atoms with van der Waals surface area (Å²) in [5.41, 5.74) is 0. The van der Waals surface area contributed by atoms with Gasteiger partial charge in [-0.05, 0) is 105 Å². The van der Waals surface area contributed by atoms with Crippen molar-refractivity contribution in [1.29, 1.82) is 0 Å². The van der Waals surface area contributed by atoms with E-state index in [9.17, 15) is 0 Å². The molecule has 5 fully saturated rings. The molecule has 0 spiro atoms. The van der Waals surface area contributed by atoms with Gasteiger partial charge in [-0.2, -0.15) is 0 Å². The van der Waals surface area contributed by atoms with Crippen molar-refractivity contribution < 1.29 is 0 Å². The first-order valence-electron chi connectivity index (χ1n) is 11.2. The number of fused-ring (bicyclic) bond motifs is 2. The van der Waals surface area contributed by atoms with E-state index in [-0.39, 0.29) is 0 Å². The maximum atomic E-state index is 3.66. The lowest BCUT2D eigenvalue weighted by atomic mass is 9.41. The van der Waals surface area contributed by atoms with Gasteiger partial charge in [-0.1, -0.05) is 32.1 Å². The number of hydrogen-bond acceptors (Lipinski definition) is 0. The summed E-state index contributed by atoms with van der Waals surface area (Å²) in [5, 5.41) is 0. The van der Waals surface area contributed by atoms with E-state index in [2.05, 4.69) is 25.7 Å². The van der Waals surface area contributed by atoms with Crippen molar-refractivity contribution in [2.45, 2.75) is 78.1 Å². The molecule has 0 N–H and O–H groups in total. The predicted molar refractivity (Wildman–Crippen MR) is 100 cm³/mol. The molecule has 0 aromatic heterocycles. The minimum atomic E-state index is 0.748. The third kappa shape index (κ3) is 2.19. The molecule has 24 heavy (non-hydrogen) atoms. The lowest BCUT2D eigenvalue weighted by molar-refractivity contribution is -0.154. The standard InChI is InChI=1S/C24H36/c1-3-6-16-12-14-22-19-9-4-7-17-15(2)11-13-21(23(17)19)20-10-5-8-18(16)24(20)22/h15-24H,4-5,7-14H2,1-2H3. The minimum absolute atomic E-state index is 0.748. The van der Waals surface area contributed by atoms with Crippen LogP contribution in [-0.2, 0) is 0 Å². The Balaban J connectivity index is 1.52. The van der Waals surface area contributed by atoms with Crippen molar-refractivity contribution in [2.24, 2.45) is 59.2 Å². The van der Waals surface area contributed by atoms with Gasteiger partial charge in [0.1, 0.15) is 0 Å². The molecule has 132 valence electrons. The molecule has 0 nitrogen and oxygen atoms in total. The molecule has 0 heterocycles. The zero-order valence-corrected chi connectivity index (χ0v) is 15.8. The molecule has 5 aliphatic carbocycles. The summed E-state index contributed by atoms with van der Waals surface area (Å²) < 4.78 is 0. The Morgan fingerprint density at radius 2 is 1.12 bits per heavy atom. The summed E-state index contributed by atoms with van der Waals surface area (Å²) in [7, 11) is 0. The van der Waals surface area contributed by atoms with Crippen LogP contribution in [0, 0.1) is 71.0 Å². The van der Waals surface area contributed by atoms with Crippen LogP contribution in [0.15, 0.2) is 0 Å². The molecular formula is C24H36. The Morgan fingerprint density at radius 1 is 0.583 bits per heavy atom. The van der Waals surface area contributed by atoms with Crippen LogP contribution in [0.1, 0.15) is 78.1 Å². The lowest BCUT2D eigenvalue weighted by Gasteiger charge is -2.64. The van der Waals surface area contributed by atoms with Crippen molar-refractivity contribution in [1.82, 2.24) is 0 Å². The van der Waals surface area contributed by atoms with Crippen molar-refractivity contribution in [3.63, 3.8) is 0 Å². The quantitative estimate of drug-likeness (QED) is 0.468. The topological polar surface area (TPSA) is 0 Å². The van der Waals surface area contributed by atoms with Gasteiger partial charge in [0.25, 0.3) is 0 Å². The van der Waals surface area contributed by atoms with E-state index in [0.717, 1.165) is 59.2 Å². The van der Waals surface area contributed by atoms with Crippen LogP contribution in [-0.4, -0.2) is 0 Å². The maximum absolute atomic E-state index is 3.66. The Kier molecular flexibility index (Phi) is 3.99. The first-order chi connectivity index (χ1) is 11.8. The Bertz CT molecular complexity index is 528. The highest BCUT2D eigenvalue weighted by molar-refractivity contribution is 5.13. The molecule has 0 radical (unpaired) electrons. The normalized spacial score (nSPS) is 55.6. The fourth-order valence-corrected chi connectivity index (χ4v) is 8.99. The molecule has 0 saturated heterocycles. The second kappa shape index (κ2) is 6.07. The zero-order valence-electron chi connectivity index (χ0n) is 15.8. The van der Waals surface area contributed by atoms with Crippen molar-refractivity contribution >= 4 is 0 Å². The van der Waals surface area contributed by atoms with Gasteiger partial charge in [0.2, 0.25) is 0 Å². The van der Waals surface area contributed by atoms with Crippen molar-refractivity contribution in [2.75, 3.05) is 0 Å². The average molecular weight is 325 g/mol. The molecule has 10 atom stereocenters. The molecule has 0 heteroatoms. The summed E-state index contributed by atoms with van der Waals surface area (Å²) >= 11 is 0. The van der Waals surface area contributed by atoms with E-state index < -0.39 is 0 Å². The van der Waals surface area contributed by atoms with E-state index in [1.807, 2.05) is 0 Å². The highest BCUT2D eigenvalue weighted by Crippen LogP contribution is 2.66. The number of rotatable bonds is 0. The minimum Gasteiger partial charge on any atom is -0.106 e. The monoisotopic (exact) mass is 324 g/mol. The van der Waals surface area contributed by atoms with Crippen LogP contribution in [0.3, 0.4) is 0 Å². The Hall–Kier alpha value is -0.440. The van der Waals surface area contributed by atoms with Crippen molar-refractivity contribution in [3.05, 3.63) is 0 Å². The highest BCUT2D eigenvalue weighted by Gasteiger charge is 2.59. The predicted octanol–water partition coefficient (Wildman–Crippen LogP) is 6.16. The molecule has 0 amide bonds. The summed E-state index contributed by atoms with van der Waals surface area (Å²) in [5.74, 6) is 17.4. The van der Waals surface area contributed by atoms with E-state index in [1.54, 1.807) is 32.1 Å². The molecule has 5 aliphatic rings. The molecule has 0 aromatic rings. The lowest BCUT2D eigenvalue weighted by Crippen LogP contribution is -2.58. The molecule has 0 aliphatic heterocycles. The third-order valence-corrected chi connectivity index (χ3v) is 9.56. The molecular weight excluding hydrogens is 288 g/mol. The molecule has 5 rings (SSSR count). The fraction of sp³-hybridized carbons (Fsp3) is 0.917.